The summed E-state index contributed by atoms with van der Waals surface area (Å²) >= 11 is 0. The highest BCUT2D eigenvalue weighted by Gasteiger charge is 2.37. The van der Waals surface area contributed by atoms with Crippen LogP contribution in [0.2, 0.25) is 0 Å². The van der Waals surface area contributed by atoms with E-state index in [2.05, 4.69) is 4.90 Å². The number of piperidine rings is 1. The fourth-order valence-corrected chi connectivity index (χ4v) is 3.44. The lowest BCUT2D eigenvalue weighted by Gasteiger charge is -2.39. The normalized spacial score (nSPS) is 23.6. The second kappa shape index (κ2) is 5.20. The van der Waals surface area contributed by atoms with Crippen LogP contribution in [0.15, 0.2) is 0 Å². The number of hydrogen-bond acceptors (Lipinski definition) is 2. The first-order valence-corrected chi connectivity index (χ1v) is 7.47. The van der Waals surface area contributed by atoms with Crippen LogP contribution in [0.5, 0.6) is 0 Å². The summed E-state index contributed by atoms with van der Waals surface area (Å²) in [5, 5.41) is 0. The van der Waals surface area contributed by atoms with Crippen LogP contribution in [0, 0.1) is 5.41 Å². The molecule has 0 unspecified atom stereocenters. The molecule has 18 heavy (non-hydrogen) atoms. The summed E-state index contributed by atoms with van der Waals surface area (Å²) in [6.45, 7) is 5.93. The SMILES string of the molecule is CC(C)(N)CCC(=O)N1CCC2(CCCC2)CC1. The van der Waals surface area contributed by atoms with Gasteiger partial charge in [-0.3, -0.25) is 4.79 Å². The van der Waals surface area contributed by atoms with Gasteiger partial charge in [0.1, 0.15) is 0 Å². The Balaban J connectivity index is 1.77. The van der Waals surface area contributed by atoms with Crippen molar-refractivity contribution in [1.29, 1.82) is 0 Å². The molecular weight excluding hydrogens is 224 g/mol. The van der Waals surface area contributed by atoms with E-state index in [1.807, 2.05) is 13.8 Å². The molecule has 0 bridgehead atoms. The van der Waals surface area contributed by atoms with E-state index >= 15 is 0 Å². The van der Waals surface area contributed by atoms with Gasteiger partial charge in [-0.05, 0) is 51.4 Å². The molecule has 0 aromatic heterocycles. The van der Waals surface area contributed by atoms with Gasteiger partial charge in [-0.15, -0.1) is 0 Å². The van der Waals surface area contributed by atoms with E-state index in [9.17, 15) is 4.79 Å². The van der Waals surface area contributed by atoms with Crippen molar-refractivity contribution in [3.05, 3.63) is 0 Å². The Labute approximate surface area is 111 Å². The number of nitrogens with two attached hydrogens (primary N) is 1. The van der Waals surface area contributed by atoms with Gasteiger partial charge in [0.25, 0.3) is 0 Å². The smallest absolute Gasteiger partial charge is 0.222 e. The maximum atomic E-state index is 12.1. The second-order valence-corrected chi connectivity index (χ2v) is 7.08. The zero-order chi connectivity index (χ0) is 13.2. The molecule has 2 rings (SSSR count). The lowest BCUT2D eigenvalue weighted by molar-refractivity contribution is -0.133. The average Bonchev–Trinajstić information content (AvgIpc) is 2.75. The number of amides is 1. The molecule has 0 radical (unpaired) electrons. The molecule has 1 saturated carbocycles. The van der Waals surface area contributed by atoms with E-state index in [-0.39, 0.29) is 5.54 Å². The molecule has 104 valence electrons. The zero-order valence-corrected chi connectivity index (χ0v) is 12.0. The Morgan fingerprint density at radius 1 is 1.17 bits per heavy atom. The molecule has 3 heteroatoms. The van der Waals surface area contributed by atoms with Crippen molar-refractivity contribution < 1.29 is 4.79 Å². The van der Waals surface area contributed by atoms with Crippen LogP contribution in [0.3, 0.4) is 0 Å². The average molecular weight is 252 g/mol. The van der Waals surface area contributed by atoms with Crippen LogP contribution in [0.25, 0.3) is 0 Å². The van der Waals surface area contributed by atoms with Crippen LogP contribution in [0.4, 0.5) is 0 Å². The maximum Gasteiger partial charge on any atom is 0.222 e. The molecule has 3 nitrogen and oxygen atoms in total. The van der Waals surface area contributed by atoms with Crippen molar-refractivity contribution in [1.82, 2.24) is 4.90 Å². The van der Waals surface area contributed by atoms with Gasteiger partial charge >= 0.3 is 0 Å². The van der Waals surface area contributed by atoms with Gasteiger partial charge in [0.05, 0.1) is 0 Å². The number of carbonyl (C=O) groups is 1. The molecule has 1 saturated heterocycles. The van der Waals surface area contributed by atoms with Gasteiger partial charge in [-0.2, -0.15) is 0 Å². The monoisotopic (exact) mass is 252 g/mol. The van der Waals surface area contributed by atoms with Gasteiger partial charge in [0.2, 0.25) is 5.91 Å². The molecular formula is C15H28N2O. The van der Waals surface area contributed by atoms with Crippen LogP contribution in [-0.2, 0) is 4.79 Å². The summed E-state index contributed by atoms with van der Waals surface area (Å²) in [4.78, 5) is 14.2. The standard InChI is InChI=1S/C15H28N2O/c1-14(2,16)8-5-13(18)17-11-9-15(10-12-17)6-3-4-7-15/h3-12,16H2,1-2H3. The van der Waals surface area contributed by atoms with Crippen molar-refractivity contribution >= 4 is 5.91 Å². The molecule has 1 aliphatic heterocycles. The molecule has 2 aliphatic rings. The van der Waals surface area contributed by atoms with Gasteiger partial charge in [0.15, 0.2) is 0 Å². The van der Waals surface area contributed by atoms with Gasteiger partial charge in [-0.1, -0.05) is 12.8 Å². The van der Waals surface area contributed by atoms with E-state index < -0.39 is 0 Å². The highest BCUT2D eigenvalue weighted by molar-refractivity contribution is 5.76. The highest BCUT2D eigenvalue weighted by atomic mass is 16.2. The Hall–Kier alpha value is -0.570. The van der Waals surface area contributed by atoms with Crippen molar-refractivity contribution in [3.8, 4) is 0 Å². The highest BCUT2D eigenvalue weighted by Crippen LogP contribution is 2.46. The molecule has 1 aliphatic carbocycles. The van der Waals surface area contributed by atoms with Crippen LogP contribution >= 0.6 is 0 Å². The quantitative estimate of drug-likeness (QED) is 0.839. The minimum atomic E-state index is -0.224. The predicted octanol–water partition coefficient (Wildman–Crippen LogP) is 2.69. The fraction of sp³-hybridized carbons (Fsp3) is 0.933. The van der Waals surface area contributed by atoms with Crippen molar-refractivity contribution in [2.75, 3.05) is 13.1 Å². The summed E-state index contributed by atoms with van der Waals surface area (Å²) in [5.41, 5.74) is 6.31. The summed E-state index contributed by atoms with van der Waals surface area (Å²) < 4.78 is 0. The van der Waals surface area contributed by atoms with E-state index in [1.54, 1.807) is 0 Å². The van der Waals surface area contributed by atoms with Crippen molar-refractivity contribution in [2.24, 2.45) is 11.1 Å². The molecule has 1 amide bonds. The van der Waals surface area contributed by atoms with E-state index in [4.69, 9.17) is 5.73 Å². The minimum absolute atomic E-state index is 0.224. The number of likely N-dealkylation sites (tertiary alicyclic amines) is 1. The molecule has 0 aromatic carbocycles. The first kappa shape index (κ1) is 13.9. The Morgan fingerprint density at radius 3 is 2.22 bits per heavy atom. The summed E-state index contributed by atoms with van der Waals surface area (Å²) in [6, 6.07) is 0. The van der Waals surface area contributed by atoms with Crippen molar-refractivity contribution in [3.63, 3.8) is 0 Å². The minimum Gasteiger partial charge on any atom is -0.343 e. The molecule has 2 N–H and O–H groups in total. The molecule has 1 heterocycles. The Morgan fingerprint density at radius 2 is 1.72 bits per heavy atom. The zero-order valence-electron chi connectivity index (χ0n) is 12.0. The van der Waals surface area contributed by atoms with Crippen LogP contribution in [0.1, 0.15) is 65.2 Å². The molecule has 0 atom stereocenters. The third kappa shape index (κ3) is 3.47. The molecule has 2 fully saturated rings. The van der Waals surface area contributed by atoms with Crippen LogP contribution in [-0.4, -0.2) is 29.4 Å². The number of rotatable bonds is 3. The lowest BCUT2D eigenvalue weighted by atomic mass is 9.77. The molecule has 1 spiro atoms. The molecule has 0 aromatic rings. The number of hydrogen-bond donors (Lipinski definition) is 1. The van der Waals surface area contributed by atoms with Crippen molar-refractivity contribution in [2.45, 2.75) is 70.8 Å². The number of carbonyl (C=O) groups excluding carboxylic acids is 1. The largest absolute Gasteiger partial charge is 0.343 e. The maximum absolute atomic E-state index is 12.1. The third-order valence-corrected chi connectivity index (χ3v) is 4.82. The third-order valence-electron chi connectivity index (χ3n) is 4.82. The van der Waals surface area contributed by atoms with Gasteiger partial charge < -0.3 is 10.6 Å². The van der Waals surface area contributed by atoms with E-state index in [0.29, 0.717) is 17.7 Å². The summed E-state index contributed by atoms with van der Waals surface area (Å²) in [5.74, 6) is 0.307. The first-order valence-electron chi connectivity index (χ1n) is 7.47. The van der Waals surface area contributed by atoms with Gasteiger partial charge in [-0.25, -0.2) is 0 Å². The number of nitrogens with zero attached hydrogens (tertiary/aromatic N) is 1. The van der Waals surface area contributed by atoms with Gasteiger partial charge in [0, 0.05) is 25.0 Å². The topological polar surface area (TPSA) is 46.3 Å². The van der Waals surface area contributed by atoms with E-state index in [0.717, 1.165) is 19.5 Å². The predicted molar refractivity (Wildman–Crippen MR) is 74.2 cm³/mol. The lowest BCUT2D eigenvalue weighted by Crippen LogP contribution is -2.43. The summed E-state index contributed by atoms with van der Waals surface area (Å²) in [6.07, 6.45) is 9.43. The van der Waals surface area contributed by atoms with E-state index in [1.165, 1.54) is 38.5 Å². The Bertz CT molecular complexity index is 290. The van der Waals surface area contributed by atoms with Crippen LogP contribution < -0.4 is 5.73 Å². The summed E-state index contributed by atoms with van der Waals surface area (Å²) in [7, 11) is 0. The first-order chi connectivity index (χ1) is 8.40. The fourth-order valence-electron chi connectivity index (χ4n) is 3.44. The Kier molecular flexibility index (Phi) is 4.00. The second-order valence-electron chi connectivity index (χ2n) is 7.08.